The molecule has 3 N–H and O–H groups in total. The Morgan fingerprint density at radius 2 is 1.74 bits per heavy atom. The Bertz CT molecular complexity index is 651. The lowest BCUT2D eigenvalue weighted by atomic mass is 9.48. The van der Waals surface area contributed by atoms with Crippen LogP contribution in [0.5, 0.6) is 5.75 Å². The molecule has 0 spiro atoms. The molecule has 4 aliphatic rings. The third-order valence-corrected chi connectivity index (χ3v) is 7.67. The van der Waals surface area contributed by atoms with Gasteiger partial charge in [-0.3, -0.25) is 4.79 Å². The summed E-state index contributed by atoms with van der Waals surface area (Å²) in [6, 6.07) is 8.56. The van der Waals surface area contributed by atoms with Gasteiger partial charge in [-0.05, 0) is 87.7 Å². The van der Waals surface area contributed by atoms with Gasteiger partial charge in [-0.25, -0.2) is 0 Å². The molecule has 4 heteroatoms. The molecule has 0 unspecified atom stereocenters. The third kappa shape index (κ3) is 3.73. The van der Waals surface area contributed by atoms with Crippen LogP contribution in [0.3, 0.4) is 0 Å². The monoisotopic (exact) mass is 371 g/mol. The molecule has 148 valence electrons. The van der Waals surface area contributed by atoms with E-state index >= 15 is 0 Å². The predicted octanol–water partition coefficient (Wildman–Crippen LogP) is 3.04. The van der Waals surface area contributed by atoms with Crippen molar-refractivity contribution in [1.82, 2.24) is 5.32 Å². The van der Waals surface area contributed by atoms with Gasteiger partial charge in [-0.2, -0.15) is 0 Å². The fourth-order valence-corrected chi connectivity index (χ4v) is 6.61. The van der Waals surface area contributed by atoms with Gasteiger partial charge >= 0.3 is 0 Å². The summed E-state index contributed by atoms with van der Waals surface area (Å²) in [5.74, 6) is 3.83. The van der Waals surface area contributed by atoms with E-state index in [1.165, 1.54) is 38.5 Å². The van der Waals surface area contributed by atoms with E-state index in [2.05, 4.69) is 30.5 Å². The second kappa shape index (κ2) is 7.46. The van der Waals surface area contributed by atoms with Crippen LogP contribution in [0.2, 0.25) is 0 Å². The molecule has 4 bridgehead atoms. The van der Waals surface area contributed by atoms with Crippen LogP contribution < -0.4 is 15.4 Å². The zero-order valence-corrected chi connectivity index (χ0v) is 17.0. The van der Waals surface area contributed by atoms with Crippen LogP contribution in [-0.4, -0.2) is 25.6 Å². The maximum atomic E-state index is 12.7. The first-order valence-electron chi connectivity index (χ1n) is 10.7. The van der Waals surface area contributed by atoms with Crippen molar-refractivity contribution in [3.63, 3.8) is 0 Å². The van der Waals surface area contributed by atoms with Crippen molar-refractivity contribution in [3.8, 4) is 5.75 Å². The van der Waals surface area contributed by atoms with Gasteiger partial charge < -0.3 is 15.4 Å². The van der Waals surface area contributed by atoms with Crippen LogP contribution in [0.15, 0.2) is 24.3 Å². The highest BCUT2D eigenvalue weighted by Crippen LogP contribution is 2.61. The van der Waals surface area contributed by atoms with E-state index in [0.29, 0.717) is 18.0 Å². The summed E-state index contributed by atoms with van der Waals surface area (Å²) >= 11 is 0. The molecule has 1 amide bonds. The number of rotatable bonds is 7. The molecule has 4 nitrogen and oxygen atoms in total. The first-order chi connectivity index (χ1) is 13.0. The molecule has 0 aromatic heterocycles. The van der Waals surface area contributed by atoms with Gasteiger partial charge in [0.25, 0.3) is 5.91 Å². The van der Waals surface area contributed by atoms with Crippen molar-refractivity contribution in [2.45, 2.75) is 64.5 Å². The highest BCUT2D eigenvalue weighted by molar-refractivity contribution is 5.77. The quantitative estimate of drug-likeness (QED) is 0.774. The normalized spacial score (nSPS) is 33.5. The number of para-hydroxylation sites is 1. The topological polar surface area (TPSA) is 54.9 Å². The van der Waals surface area contributed by atoms with E-state index < -0.39 is 0 Å². The van der Waals surface area contributed by atoms with Crippen molar-refractivity contribution in [2.75, 3.05) is 13.7 Å². The van der Waals surface area contributed by atoms with Gasteiger partial charge in [0.15, 0.2) is 6.54 Å². The number of nitrogens with two attached hydrogens (primary N) is 1. The minimum Gasteiger partial charge on any atom is -0.496 e. The molecular formula is C23H35N2O2+. The lowest BCUT2D eigenvalue weighted by Crippen LogP contribution is -2.87. The van der Waals surface area contributed by atoms with Crippen LogP contribution in [0.1, 0.15) is 64.0 Å². The number of ether oxygens (including phenoxy) is 1. The summed E-state index contributed by atoms with van der Waals surface area (Å²) in [4.78, 5) is 12.7. The zero-order chi connectivity index (χ0) is 19.0. The fraction of sp³-hybridized carbons (Fsp3) is 0.696. The number of carbonyl (C=O) groups excluding carboxylic acids is 1. The Labute approximate surface area is 163 Å². The van der Waals surface area contributed by atoms with Crippen molar-refractivity contribution < 1.29 is 14.8 Å². The molecule has 4 aliphatic carbocycles. The van der Waals surface area contributed by atoms with Gasteiger partial charge in [0, 0.05) is 6.04 Å². The van der Waals surface area contributed by atoms with Crippen molar-refractivity contribution in [2.24, 2.45) is 23.2 Å². The van der Waals surface area contributed by atoms with Crippen LogP contribution in [0, 0.1) is 23.2 Å². The third-order valence-electron chi connectivity index (χ3n) is 7.67. The van der Waals surface area contributed by atoms with Crippen molar-refractivity contribution in [1.29, 1.82) is 0 Å². The van der Waals surface area contributed by atoms with Crippen molar-refractivity contribution >= 4 is 5.91 Å². The number of hydrogen-bond donors (Lipinski definition) is 2. The van der Waals surface area contributed by atoms with Gasteiger partial charge in [-0.1, -0.05) is 12.1 Å². The number of quaternary nitrogens is 1. The van der Waals surface area contributed by atoms with Gasteiger partial charge in [0.1, 0.15) is 11.8 Å². The van der Waals surface area contributed by atoms with E-state index in [0.717, 1.165) is 29.1 Å². The molecule has 1 aromatic carbocycles. The van der Waals surface area contributed by atoms with Gasteiger partial charge in [-0.15, -0.1) is 0 Å². The predicted molar refractivity (Wildman–Crippen MR) is 106 cm³/mol. The Hall–Kier alpha value is -1.55. The Balaban J connectivity index is 1.32. The summed E-state index contributed by atoms with van der Waals surface area (Å²) in [6.07, 6.45) is 8.35. The molecule has 0 aliphatic heterocycles. The molecule has 4 fully saturated rings. The number of carbonyl (C=O) groups is 1. The molecule has 4 saturated carbocycles. The summed E-state index contributed by atoms with van der Waals surface area (Å²) in [5.41, 5.74) is 1.51. The summed E-state index contributed by atoms with van der Waals surface area (Å²) in [5, 5.41) is 5.48. The van der Waals surface area contributed by atoms with E-state index in [9.17, 15) is 4.79 Å². The Morgan fingerprint density at radius 1 is 1.15 bits per heavy atom. The van der Waals surface area contributed by atoms with E-state index in [-0.39, 0.29) is 11.9 Å². The molecule has 1 aromatic rings. The first-order valence-corrected chi connectivity index (χ1v) is 10.7. The first kappa shape index (κ1) is 18.8. The van der Waals surface area contributed by atoms with Crippen LogP contribution in [0.4, 0.5) is 0 Å². The average Bonchev–Trinajstić information content (AvgIpc) is 2.65. The molecule has 0 saturated heterocycles. The van der Waals surface area contributed by atoms with E-state index in [1.54, 1.807) is 7.11 Å². The lowest BCUT2D eigenvalue weighted by molar-refractivity contribution is -0.682. The van der Waals surface area contributed by atoms with E-state index in [4.69, 9.17) is 4.74 Å². The lowest BCUT2D eigenvalue weighted by Gasteiger charge is -2.59. The molecular weight excluding hydrogens is 336 g/mol. The molecule has 27 heavy (non-hydrogen) atoms. The van der Waals surface area contributed by atoms with Crippen LogP contribution in [0.25, 0.3) is 0 Å². The fourth-order valence-electron chi connectivity index (χ4n) is 6.61. The number of nitrogens with one attached hydrogen (secondary N) is 1. The number of hydrogen-bond acceptors (Lipinski definition) is 2. The minimum atomic E-state index is 0.167. The summed E-state index contributed by atoms with van der Waals surface area (Å²) in [6.45, 7) is 4.86. The SMILES string of the molecule is COc1ccccc1[C@@H](C)[NH2+]CC(=O)N[C@H](C)C12CC3CC(CC(C3)C1)C2. The molecule has 5 rings (SSSR count). The van der Waals surface area contributed by atoms with Gasteiger partial charge in [0.05, 0.1) is 12.7 Å². The second-order valence-electron chi connectivity index (χ2n) is 9.54. The van der Waals surface area contributed by atoms with Crippen LogP contribution in [-0.2, 0) is 4.79 Å². The maximum Gasteiger partial charge on any atom is 0.275 e. The number of amides is 1. The highest BCUT2D eigenvalue weighted by Gasteiger charge is 2.53. The zero-order valence-electron chi connectivity index (χ0n) is 17.0. The summed E-state index contributed by atoms with van der Waals surface area (Å²) in [7, 11) is 1.70. The maximum absolute atomic E-state index is 12.7. The number of methoxy groups -OCH3 is 1. The highest BCUT2D eigenvalue weighted by atomic mass is 16.5. The van der Waals surface area contributed by atoms with Crippen molar-refractivity contribution in [3.05, 3.63) is 29.8 Å². The second-order valence-corrected chi connectivity index (χ2v) is 9.54. The molecule has 0 heterocycles. The largest absolute Gasteiger partial charge is 0.496 e. The van der Waals surface area contributed by atoms with Gasteiger partial charge in [0.2, 0.25) is 0 Å². The Morgan fingerprint density at radius 3 is 2.33 bits per heavy atom. The summed E-state index contributed by atoms with van der Waals surface area (Å²) < 4.78 is 5.46. The molecule has 2 atom stereocenters. The standard InChI is InChI=1S/C23H34N2O2/c1-15(20-6-4-5-7-21(20)27-3)24-14-22(26)25-16(2)23-11-17-8-18(12-23)10-19(9-17)13-23/h4-7,15-19,24H,8-14H2,1-3H3,(H,25,26)/p+1/t15-,16-,17?,18?,19?,23?/m1/s1. The average molecular weight is 372 g/mol. The minimum absolute atomic E-state index is 0.167. The van der Waals surface area contributed by atoms with Crippen LogP contribution >= 0.6 is 0 Å². The molecule has 0 radical (unpaired) electrons. The smallest absolute Gasteiger partial charge is 0.275 e. The number of benzene rings is 1. The Kier molecular flexibility index (Phi) is 5.19. The van der Waals surface area contributed by atoms with E-state index in [1.807, 2.05) is 18.2 Å².